The van der Waals surface area contributed by atoms with Crippen LogP contribution in [0.5, 0.6) is 0 Å². The van der Waals surface area contributed by atoms with Crippen LogP contribution >= 0.6 is 0 Å². The highest BCUT2D eigenvalue weighted by molar-refractivity contribution is 5.72. The first-order valence-corrected chi connectivity index (χ1v) is 6.30. The second-order valence-corrected chi connectivity index (χ2v) is 4.67. The smallest absolute Gasteiger partial charge is 0.216 e. The number of hydrogen-bond donors (Lipinski definition) is 3. The maximum absolute atomic E-state index is 10.6. The normalized spacial score (nSPS) is 25.4. The topological polar surface area (TPSA) is 61.4 Å². The zero-order chi connectivity index (χ0) is 11.8. The molecule has 0 aromatic carbocycles. The number of carbonyl (C=O) groups is 1. The highest BCUT2D eigenvalue weighted by Crippen LogP contribution is 2.28. The SMILES string of the molecule is CC(=O)NCCNCC1CCCCC1CO. The fraction of sp³-hybridized carbons (Fsp3) is 0.917. The molecule has 4 heteroatoms. The van der Waals surface area contributed by atoms with Crippen LogP contribution < -0.4 is 10.6 Å². The number of carbonyl (C=O) groups excluding carboxylic acids is 1. The van der Waals surface area contributed by atoms with E-state index in [1.807, 2.05) is 0 Å². The molecule has 1 aliphatic rings. The van der Waals surface area contributed by atoms with Crippen molar-refractivity contribution in [1.82, 2.24) is 10.6 Å². The molecule has 0 spiro atoms. The second kappa shape index (κ2) is 7.63. The van der Waals surface area contributed by atoms with Gasteiger partial charge < -0.3 is 15.7 Å². The Kier molecular flexibility index (Phi) is 6.42. The first kappa shape index (κ1) is 13.5. The summed E-state index contributed by atoms with van der Waals surface area (Å²) in [6, 6.07) is 0. The molecule has 0 bridgehead atoms. The predicted octanol–water partition coefficient (Wildman–Crippen LogP) is 0.511. The highest BCUT2D eigenvalue weighted by atomic mass is 16.3. The van der Waals surface area contributed by atoms with Crippen molar-refractivity contribution in [2.45, 2.75) is 32.6 Å². The molecule has 0 aromatic heterocycles. The van der Waals surface area contributed by atoms with Crippen molar-refractivity contribution in [3.63, 3.8) is 0 Å². The van der Waals surface area contributed by atoms with Crippen LogP contribution in [0.15, 0.2) is 0 Å². The van der Waals surface area contributed by atoms with Gasteiger partial charge in [0.05, 0.1) is 0 Å². The molecule has 3 N–H and O–H groups in total. The average Bonchev–Trinajstić information content (AvgIpc) is 2.29. The molecule has 1 saturated carbocycles. The summed E-state index contributed by atoms with van der Waals surface area (Å²) < 4.78 is 0. The van der Waals surface area contributed by atoms with Crippen LogP contribution in [-0.4, -0.2) is 37.3 Å². The summed E-state index contributed by atoms with van der Waals surface area (Å²) in [4.78, 5) is 10.6. The van der Waals surface area contributed by atoms with Crippen molar-refractivity contribution in [3.05, 3.63) is 0 Å². The van der Waals surface area contributed by atoms with Crippen LogP contribution in [0, 0.1) is 11.8 Å². The highest BCUT2D eigenvalue weighted by Gasteiger charge is 2.23. The Labute approximate surface area is 97.8 Å². The summed E-state index contributed by atoms with van der Waals surface area (Å²) in [5.41, 5.74) is 0. The molecule has 0 saturated heterocycles. The van der Waals surface area contributed by atoms with E-state index in [4.69, 9.17) is 0 Å². The first-order chi connectivity index (χ1) is 7.74. The molecule has 4 nitrogen and oxygen atoms in total. The van der Waals surface area contributed by atoms with Crippen LogP contribution in [-0.2, 0) is 4.79 Å². The summed E-state index contributed by atoms with van der Waals surface area (Å²) in [7, 11) is 0. The third kappa shape index (κ3) is 4.94. The molecule has 1 rings (SSSR count). The predicted molar refractivity (Wildman–Crippen MR) is 64.1 cm³/mol. The van der Waals surface area contributed by atoms with E-state index in [1.165, 1.54) is 26.2 Å². The quantitative estimate of drug-likeness (QED) is 0.581. The summed E-state index contributed by atoms with van der Waals surface area (Å²) in [6.45, 7) is 4.31. The monoisotopic (exact) mass is 228 g/mol. The molecule has 1 amide bonds. The molecule has 94 valence electrons. The van der Waals surface area contributed by atoms with Gasteiger partial charge in [0.1, 0.15) is 0 Å². The van der Waals surface area contributed by atoms with Gasteiger partial charge >= 0.3 is 0 Å². The van der Waals surface area contributed by atoms with Gasteiger partial charge in [-0.15, -0.1) is 0 Å². The van der Waals surface area contributed by atoms with E-state index >= 15 is 0 Å². The van der Waals surface area contributed by atoms with Gasteiger partial charge in [-0.3, -0.25) is 4.79 Å². The molecule has 0 heterocycles. The molecule has 0 aliphatic heterocycles. The maximum atomic E-state index is 10.6. The molecule has 0 radical (unpaired) electrons. The van der Waals surface area contributed by atoms with Crippen LogP contribution in [0.1, 0.15) is 32.6 Å². The van der Waals surface area contributed by atoms with E-state index in [0.717, 1.165) is 19.5 Å². The Morgan fingerprint density at radius 3 is 2.56 bits per heavy atom. The Balaban J connectivity index is 2.08. The Morgan fingerprint density at radius 1 is 1.25 bits per heavy atom. The molecule has 16 heavy (non-hydrogen) atoms. The Bertz CT molecular complexity index is 209. The van der Waals surface area contributed by atoms with Crippen LogP contribution in [0.25, 0.3) is 0 Å². The largest absolute Gasteiger partial charge is 0.396 e. The van der Waals surface area contributed by atoms with Crippen LogP contribution in [0.4, 0.5) is 0 Å². The second-order valence-electron chi connectivity index (χ2n) is 4.67. The number of aliphatic hydroxyl groups is 1. The lowest BCUT2D eigenvalue weighted by Crippen LogP contribution is -2.36. The van der Waals surface area contributed by atoms with Crippen LogP contribution in [0.2, 0.25) is 0 Å². The fourth-order valence-electron chi connectivity index (χ4n) is 2.41. The minimum absolute atomic E-state index is 0.0210. The molecule has 1 aliphatic carbocycles. The summed E-state index contributed by atoms with van der Waals surface area (Å²) in [6.07, 6.45) is 4.93. The molecular weight excluding hydrogens is 204 g/mol. The number of amides is 1. The third-order valence-corrected chi connectivity index (χ3v) is 3.38. The van der Waals surface area contributed by atoms with Gasteiger partial charge in [-0.05, 0) is 31.2 Å². The van der Waals surface area contributed by atoms with E-state index in [0.29, 0.717) is 25.0 Å². The minimum Gasteiger partial charge on any atom is -0.396 e. The molecule has 2 unspecified atom stereocenters. The minimum atomic E-state index is 0.0210. The number of aliphatic hydroxyl groups excluding tert-OH is 1. The Morgan fingerprint density at radius 2 is 1.94 bits per heavy atom. The first-order valence-electron chi connectivity index (χ1n) is 6.30. The van der Waals surface area contributed by atoms with E-state index < -0.39 is 0 Å². The number of rotatable bonds is 6. The average molecular weight is 228 g/mol. The fourth-order valence-corrected chi connectivity index (χ4v) is 2.41. The van der Waals surface area contributed by atoms with Crippen molar-refractivity contribution in [1.29, 1.82) is 0 Å². The van der Waals surface area contributed by atoms with Crippen molar-refractivity contribution in [2.24, 2.45) is 11.8 Å². The van der Waals surface area contributed by atoms with E-state index in [9.17, 15) is 9.90 Å². The van der Waals surface area contributed by atoms with Gasteiger partial charge in [0, 0.05) is 26.6 Å². The van der Waals surface area contributed by atoms with Gasteiger partial charge in [-0.2, -0.15) is 0 Å². The number of nitrogens with one attached hydrogen (secondary N) is 2. The van der Waals surface area contributed by atoms with E-state index in [1.54, 1.807) is 0 Å². The third-order valence-electron chi connectivity index (χ3n) is 3.38. The molecular formula is C12H24N2O2. The Hall–Kier alpha value is -0.610. The molecule has 0 aromatic rings. The lowest BCUT2D eigenvalue weighted by Gasteiger charge is -2.30. The van der Waals surface area contributed by atoms with Gasteiger partial charge in [-0.25, -0.2) is 0 Å². The summed E-state index contributed by atoms with van der Waals surface area (Å²) in [5, 5.41) is 15.4. The standard InChI is InChI=1S/C12H24N2O2/c1-10(16)14-7-6-13-8-11-4-2-3-5-12(11)9-15/h11-13,15H,2-9H2,1H3,(H,14,16). The van der Waals surface area contributed by atoms with Crippen LogP contribution in [0.3, 0.4) is 0 Å². The van der Waals surface area contributed by atoms with Crippen molar-refractivity contribution < 1.29 is 9.90 Å². The lowest BCUT2D eigenvalue weighted by atomic mass is 9.79. The van der Waals surface area contributed by atoms with Gasteiger partial charge in [0.15, 0.2) is 0 Å². The molecule has 1 fully saturated rings. The maximum Gasteiger partial charge on any atom is 0.216 e. The van der Waals surface area contributed by atoms with Crippen molar-refractivity contribution >= 4 is 5.91 Å². The molecule has 2 atom stereocenters. The van der Waals surface area contributed by atoms with Gasteiger partial charge in [0.25, 0.3) is 0 Å². The van der Waals surface area contributed by atoms with Gasteiger partial charge in [0.2, 0.25) is 5.91 Å². The van der Waals surface area contributed by atoms with E-state index in [2.05, 4.69) is 10.6 Å². The summed E-state index contributed by atoms with van der Waals surface area (Å²) in [5.74, 6) is 1.10. The van der Waals surface area contributed by atoms with E-state index in [-0.39, 0.29) is 5.91 Å². The lowest BCUT2D eigenvalue weighted by molar-refractivity contribution is -0.118. The number of hydrogen-bond acceptors (Lipinski definition) is 3. The van der Waals surface area contributed by atoms with Crippen molar-refractivity contribution in [3.8, 4) is 0 Å². The zero-order valence-corrected chi connectivity index (χ0v) is 10.2. The zero-order valence-electron chi connectivity index (χ0n) is 10.2. The van der Waals surface area contributed by atoms with Crippen molar-refractivity contribution in [2.75, 3.05) is 26.2 Å². The summed E-state index contributed by atoms with van der Waals surface area (Å²) >= 11 is 0. The van der Waals surface area contributed by atoms with Gasteiger partial charge in [-0.1, -0.05) is 12.8 Å².